The highest BCUT2D eigenvalue weighted by molar-refractivity contribution is 7.10. The molecule has 4 heteroatoms. The topological polar surface area (TPSA) is 29.9 Å². The van der Waals surface area contributed by atoms with Crippen LogP contribution in [-0.2, 0) is 6.54 Å². The van der Waals surface area contributed by atoms with Crippen LogP contribution in [0, 0.1) is 5.92 Å². The van der Waals surface area contributed by atoms with Crippen LogP contribution >= 0.6 is 11.3 Å². The number of aromatic nitrogens is 2. The molecule has 21 heavy (non-hydrogen) atoms. The molecule has 0 aliphatic heterocycles. The number of rotatable bonds is 6. The molecule has 0 aromatic carbocycles. The van der Waals surface area contributed by atoms with Gasteiger partial charge in [-0.25, -0.2) is 0 Å². The highest BCUT2D eigenvalue weighted by atomic mass is 32.1. The van der Waals surface area contributed by atoms with Crippen molar-refractivity contribution in [1.82, 2.24) is 15.1 Å². The molecular formula is C17H25N3S. The monoisotopic (exact) mass is 303 g/mol. The molecular weight excluding hydrogens is 278 g/mol. The van der Waals surface area contributed by atoms with E-state index in [0.29, 0.717) is 12.1 Å². The lowest BCUT2D eigenvalue weighted by atomic mass is 9.95. The zero-order chi connectivity index (χ0) is 14.7. The fourth-order valence-electron chi connectivity index (χ4n) is 3.35. The maximum absolute atomic E-state index is 4.40. The van der Waals surface area contributed by atoms with Crippen molar-refractivity contribution >= 4 is 11.3 Å². The molecule has 2 heterocycles. The van der Waals surface area contributed by atoms with Crippen molar-refractivity contribution in [2.45, 2.75) is 58.2 Å². The van der Waals surface area contributed by atoms with Crippen molar-refractivity contribution in [3.05, 3.63) is 40.3 Å². The quantitative estimate of drug-likeness (QED) is 0.848. The van der Waals surface area contributed by atoms with Gasteiger partial charge in [0, 0.05) is 35.3 Å². The second-order valence-electron chi connectivity index (χ2n) is 6.06. The van der Waals surface area contributed by atoms with Crippen LogP contribution in [0.3, 0.4) is 0 Å². The minimum atomic E-state index is 0.345. The van der Waals surface area contributed by atoms with Crippen LogP contribution in [-0.4, -0.2) is 9.78 Å². The third-order valence-electron chi connectivity index (χ3n) is 4.63. The van der Waals surface area contributed by atoms with Crippen molar-refractivity contribution in [2.24, 2.45) is 5.92 Å². The van der Waals surface area contributed by atoms with Crippen molar-refractivity contribution < 1.29 is 0 Å². The van der Waals surface area contributed by atoms with Gasteiger partial charge in [0.15, 0.2) is 0 Å². The van der Waals surface area contributed by atoms with Gasteiger partial charge in [0.1, 0.15) is 0 Å². The normalized spacial score (nSPS) is 19.0. The van der Waals surface area contributed by atoms with Gasteiger partial charge in [0.25, 0.3) is 0 Å². The maximum Gasteiger partial charge on any atom is 0.0537 e. The van der Waals surface area contributed by atoms with Gasteiger partial charge in [-0.1, -0.05) is 18.9 Å². The summed E-state index contributed by atoms with van der Waals surface area (Å²) in [6.45, 7) is 5.32. The van der Waals surface area contributed by atoms with Gasteiger partial charge in [-0.05, 0) is 44.1 Å². The van der Waals surface area contributed by atoms with E-state index in [2.05, 4.69) is 48.0 Å². The second-order valence-corrected chi connectivity index (χ2v) is 7.03. The Morgan fingerprint density at radius 1 is 1.43 bits per heavy atom. The molecule has 3 rings (SSSR count). The van der Waals surface area contributed by atoms with Gasteiger partial charge < -0.3 is 5.32 Å². The predicted molar refractivity (Wildman–Crippen MR) is 88.5 cm³/mol. The van der Waals surface area contributed by atoms with Gasteiger partial charge >= 0.3 is 0 Å². The molecule has 114 valence electrons. The molecule has 1 fully saturated rings. The Bertz CT molecular complexity index is 540. The fourth-order valence-corrected chi connectivity index (χ4v) is 4.23. The van der Waals surface area contributed by atoms with E-state index in [9.17, 15) is 0 Å². The number of aryl methyl sites for hydroxylation is 1. The van der Waals surface area contributed by atoms with E-state index in [-0.39, 0.29) is 0 Å². The largest absolute Gasteiger partial charge is 0.302 e. The molecule has 0 radical (unpaired) electrons. The highest BCUT2D eigenvalue weighted by Crippen LogP contribution is 2.38. The van der Waals surface area contributed by atoms with Crippen LogP contribution in [0.2, 0.25) is 0 Å². The lowest BCUT2D eigenvalue weighted by molar-refractivity contribution is 0.343. The van der Waals surface area contributed by atoms with Crippen molar-refractivity contribution in [1.29, 1.82) is 0 Å². The van der Waals surface area contributed by atoms with Gasteiger partial charge in [-0.2, -0.15) is 5.10 Å². The molecule has 2 aromatic heterocycles. The summed E-state index contributed by atoms with van der Waals surface area (Å²) < 4.78 is 2.00. The predicted octanol–water partition coefficient (Wildman–Crippen LogP) is 4.55. The standard InChI is InChI=1S/C17H25N3S/c1-3-20-12-15(11-18-20)13(2)19-17(14-7-4-5-8-14)16-9-6-10-21-16/h6,9-14,17,19H,3-5,7-8H2,1-2H3. The number of thiophene rings is 1. The van der Waals surface area contributed by atoms with Crippen LogP contribution in [0.15, 0.2) is 29.9 Å². The Labute approximate surface area is 131 Å². The lowest BCUT2D eigenvalue weighted by Gasteiger charge is -2.27. The smallest absolute Gasteiger partial charge is 0.0537 e. The van der Waals surface area contributed by atoms with Gasteiger partial charge in [-0.15, -0.1) is 11.3 Å². The molecule has 1 aliphatic rings. The maximum atomic E-state index is 4.40. The molecule has 2 aromatic rings. The summed E-state index contributed by atoms with van der Waals surface area (Å²) in [4.78, 5) is 1.48. The van der Waals surface area contributed by atoms with E-state index < -0.39 is 0 Å². The van der Waals surface area contributed by atoms with Crippen LogP contribution in [0.4, 0.5) is 0 Å². The summed E-state index contributed by atoms with van der Waals surface area (Å²) in [5.41, 5.74) is 1.29. The third-order valence-corrected chi connectivity index (χ3v) is 5.58. The average Bonchev–Trinajstić information content (AvgIpc) is 3.26. The molecule has 0 saturated heterocycles. The van der Waals surface area contributed by atoms with E-state index in [4.69, 9.17) is 0 Å². The lowest BCUT2D eigenvalue weighted by Crippen LogP contribution is -2.29. The second kappa shape index (κ2) is 6.75. The SMILES string of the molecule is CCn1cc(C(C)NC(c2cccs2)C2CCCC2)cn1. The zero-order valence-corrected chi connectivity index (χ0v) is 13.8. The van der Waals surface area contributed by atoms with Crippen LogP contribution in [0.1, 0.15) is 62.1 Å². The van der Waals surface area contributed by atoms with Gasteiger partial charge in [0.2, 0.25) is 0 Å². The number of nitrogens with zero attached hydrogens (tertiary/aromatic N) is 2. The summed E-state index contributed by atoms with van der Waals surface area (Å²) >= 11 is 1.88. The van der Waals surface area contributed by atoms with E-state index >= 15 is 0 Å². The first-order chi connectivity index (χ1) is 10.3. The first-order valence-corrected chi connectivity index (χ1v) is 8.97. The molecule has 0 bridgehead atoms. The zero-order valence-electron chi connectivity index (χ0n) is 13.0. The average molecular weight is 303 g/mol. The minimum absolute atomic E-state index is 0.345. The Morgan fingerprint density at radius 3 is 2.86 bits per heavy atom. The van der Waals surface area contributed by atoms with Crippen molar-refractivity contribution in [3.8, 4) is 0 Å². The van der Waals surface area contributed by atoms with Crippen LogP contribution in [0.5, 0.6) is 0 Å². The van der Waals surface area contributed by atoms with E-state index in [1.807, 2.05) is 22.2 Å². The summed E-state index contributed by atoms with van der Waals surface area (Å²) in [7, 11) is 0. The molecule has 1 N–H and O–H groups in total. The molecule has 0 amide bonds. The number of hydrogen-bond donors (Lipinski definition) is 1. The van der Waals surface area contributed by atoms with Gasteiger partial charge in [0.05, 0.1) is 6.20 Å². The van der Waals surface area contributed by atoms with Crippen molar-refractivity contribution in [2.75, 3.05) is 0 Å². The fraction of sp³-hybridized carbons (Fsp3) is 0.588. The Balaban J connectivity index is 1.74. The summed E-state index contributed by atoms with van der Waals surface area (Å²) in [5.74, 6) is 0.785. The van der Waals surface area contributed by atoms with E-state index in [0.717, 1.165) is 12.5 Å². The Kier molecular flexibility index (Phi) is 4.76. The number of nitrogens with one attached hydrogen (secondary N) is 1. The van der Waals surface area contributed by atoms with Crippen LogP contribution in [0.25, 0.3) is 0 Å². The molecule has 2 unspecified atom stereocenters. The van der Waals surface area contributed by atoms with Crippen molar-refractivity contribution in [3.63, 3.8) is 0 Å². The van der Waals surface area contributed by atoms with E-state index in [1.165, 1.54) is 36.1 Å². The first kappa shape index (κ1) is 14.8. The Hall–Kier alpha value is -1.13. The number of hydrogen-bond acceptors (Lipinski definition) is 3. The summed E-state index contributed by atoms with van der Waals surface area (Å²) in [6.07, 6.45) is 9.65. The van der Waals surface area contributed by atoms with E-state index in [1.54, 1.807) is 0 Å². The molecule has 2 atom stereocenters. The molecule has 1 saturated carbocycles. The summed E-state index contributed by atoms with van der Waals surface area (Å²) in [5, 5.41) is 10.5. The molecule has 1 aliphatic carbocycles. The third kappa shape index (κ3) is 3.38. The Morgan fingerprint density at radius 2 is 2.24 bits per heavy atom. The van der Waals surface area contributed by atoms with Crippen LogP contribution < -0.4 is 5.32 Å². The molecule has 0 spiro atoms. The van der Waals surface area contributed by atoms with Gasteiger partial charge in [-0.3, -0.25) is 4.68 Å². The first-order valence-electron chi connectivity index (χ1n) is 8.09. The molecule has 3 nitrogen and oxygen atoms in total. The highest BCUT2D eigenvalue weighted by Gasteiger charge is 2.28. The summed E-state index contributed by atoms with van der Waals surface area (Å²) in [6, 6.07) is 5.29. The minimum Gasteiger partial charge on any atom is -0.302 e.